The van der Waals surface area contributed by atoms with Gasteiger partial charge in [0.05, 0.1) is 0 Å². The Balaban J connectivity index is 1.88. The Kier molecular flexibility index (Phi) is 5.82. The first-order chi connectivity index (χ1) is 9.15. The average Bonchev–Trinajstić information content (AvgIpc) is 2.40. The van der Waals surface area contributed by atoms with E-state index in [2.05, 4.69) is 63.3 Å². The normalized spacial score (nSPS) is 17.1. The summed E-state index contributed by atoms with van der Waals surface area (Å²) in [5.41, 5.74) is 2.78. The van der Waals surface area contributed by atoms with E-state index in [-0.39, 0.29) is 0 Å². The minimum absolute atomic E-state index is 0.985. The molecule has 1 aliphatic rings. The van der Waals surface area contributed by atoms with Gasteiger partial charge in [-0.1, -0.05) is 28.1 Å². The van der Waals surface area contributed by atoms with Gasteiger partial charge in [-0.2, -0.15) is 0 Å². The van der Waals surface area contributed by atoms with Gasteiger partial charge in [0.1, 0.15) is 0 Å². The molecule has 0 saturated carbocycles. The lowest BCUT2D eigenvalue weighted by atomic mass is 10.1. The first-order valence-corrected chi connectivity index (χ1v) is 7.79. The highest BCUT2D eigenvalue weighted by Gasteiger charge is 2.09. The van der Waals surface area contributed by atoms with Crippen molar-refractivity contribution in [3.05, 3.63) is 33.8 Å². The fourth-order valence-electron chi connectivity index (χ4n) is 2.44. The van der Waals surface area contributed by atoms with Gasteiger partial charge in [-0.3, -0.25) is 0 Å². The van der Waals surface area contributed by atoms with Crippen LogP contribution in [0.4, 0.5) is 0 Å². The molecule has 0 atom stereocenters. The van der Waals surface area contributed by atoms with E-state index in [0.29, 0.717) is 0 Å². The van der Waals surface area contributed by atoms with Gasteiger partial charge in [0.25, 0.3) is 0 Å². The molecule has 0 spiro atoms. The Hall–Kier alpha value is -0.420. The number of benzene rings is 1. The molecule has 0 amide bonds. The molecule has 1 aromatic carbocycles. The maximum absolute atomic E-state index is 3.69. The maximum Gasteiger partial charge on any atom is 0.0238 e. The summed E-state index contributed by atoms with van der Waals surface area (Å²) in [5, 5.41) is 3.39. The molecule has 0 unspecified atom stereocenters. The Labute approximate surface area is 125 Å². The number of hydrogen-bond acceptors (Lipinski definition) is 3. The fraction of sp³-hybridized carbons (Fsp3) is 0.600. The van der Waals surface area contributed by atoms with Crippen LogP contribution in [0.15, 0.2) is 22.7 Å². The highest BCUT2D eigenvalue weighted by molar-refractivity contribution is 9.10. The van der Waals surface area contributed by atoms with Gasteiger partial charge in [0.2, 0.25) is 0 Å². The van der Waals surface area contributed by atoms with Crippen molar-refractivity contribution in [1.29, 1.82) is 0 Å². The number of rotatable bonds is 5. The van der Waals surface area contributed by atoms with Crippen molar-refractivity contribution >= 4 is 15.9 Å². The summed E-state index contributed by atoms with van der Waals surface area (Å²) in [5.74, 6) is 0. The van der Waals surface area contributed by atoms with Gasteiger partial charge in [-0.05, 0) is 37.7 Å². The van der Waals surface area contributed by atoms with E-state index in [4.69, 9.17) is 0 Å². The van der Waals surface area contributed by atoms with Crippen LogP contribution in [0.1, 0.15) is 11.1 Å². The van der Waals surface area contributed by atoms with Crippen molar-refractivity contribution in [2.45, 2.75) is 13.0 Å². The molecule has 3 nitrogen and oxygen atoms in total. The van der Waals surface area contributed by atoms with Crippen LogP contribution < -0.4 is 5.32 Å². The van der Waals surface area contributed by atoms with Crippen molar-refractivity contribution in [3.63, 3.8) is 0 Å². The van der Waals surface area contributed by atoms with Crippen LogP contribution in [-0.4, -0.2) is 56.6 Å². The Bertz CT molecular complexity index is 400. The molecule has 1 aromatic rings. The molecule has 1 fully saturated rings. The van der Waals surface area contributed by atoms with E-state index in [1.165, 1.54) is 35.2 Å². The molecule has 1 heterocycles. The predicted molar refractivity (Wildman–Crippen MR) is 84.5 cm³/mol. The van der Waals surface area contributed by atoms with E-state index < -0.39 is 0 Å². The van der Waals surface area contributed by atoms with Crippen molar-refractivity contribution in [1.82, 2.24) is 15.1 Å². The third-order valence-corrected chi connectivity index (χ3v) is 4.27. The lowest BCUT2D eigenvalue weighted by Crippen LogP contribution is -2.44. The SMILES string of the molecule is CN(C)Cc1ccc(CCN2CCNCC2)cc1Br. The van der Waals surface area contributed by atoms with Crippen LogP contribution in [-0.2, 0) is 13.0 Å². The standard InChI is InChI=1S/C15H24BrN3/c1-18(2)12-14-4-3-13(11-15(14)16)5-8-19-9-6-17-7-10-19/h3-4,11,17H,5-10,12H2,1-2H3. The number of piperazine rings is 1. The smallest absolute Gasteiger partial charge is 0.0238 e. The summed E-state index contributed by atoms with van der Waals surface area (Å²) in [7, 11) is 4.20. The fourth-order valence-corrected chi connectivity index (χ4v) is 2.99. The molecule has 0 aliphatic carbocycles. The highest BCUT2D eigenvalue weighted by atomic mass is 79.9. The van der Waals surface area contributed by atoms with Gasteiger partial charge >= 0.3 is 0 Å². The molecule has 106 valence electrons. The number of nitrogens with one attached hydrogen (secondary N) is 1. The highest BCUT2D eigenvalue weighted by Crippen LogP contribution is 2.20. The molecule has 1 N–H and O–H groups in total. The van der Waals surface area contributed by atoms with Crippen LogP contribution >= 0.6 is 15.9 Å². The van der Waals surface area contributed by atoms with Crippen LogP contribution in [0.5, 0.6) is 0 Å². The monoisotopic (exact) mass is 325 g/mol. The Morgan fingerprint density at radius 1 is 1.26 bits per heavy atom. The van der Waals surface area contributed by atoms with E-state index >= 15 is 0 Å². The molecule has 1 aliphatic heterocycles. The minimum atomic E-state index is 0.985. The van der Waals surface area contributed by atoms with Crippen molar-refractivity contribution in [2.24, 2.45) is 0 Å². The summed E-state index contributed by atoms with van der Waals surface area (Å²) in [6.45, 7) is 6.77. The second kappa shape index (κ2) is 7.39. The van der Waals surface area contributed by atoms with E-state index in [9.17, 15) is 0 Å². The molecule has 0 aromatic heterocycles. The minimum Gasteiger partial charge on any atom is -0.314 e. The van der Waals surface area contributed by atoms with Gasteiger partial charge in [-0.15, -0.1) is 0 Å². The Morgan fingerprint density at radius 3 is 2.63 bits per heavy atom. The van der Waals surface area contributed by atoms with Crippen molar-refractivity contribution in [3.8, 4) is 0 Å². The summed E-state index contributed by atoms with van der Waals surface area (Å²) < 4.78 is 1.24. The molecule has 0 bridgehead atoms. The van der Waals surface area contributed by atoms with E-state index in [0.717, 1.165) is 26.1 Å². The lowest BCUT2D eigenvalue weighted by molar-refractivity contribution is 0.244. The van der Waals surface area contributed by atoms with Crippen LogP contribution in [0.3, 0.4) is 0 Å². The van der Waals surface area contributed by atoms with Gasteiger partial charge in [0.15, 0.2) is 0 Å². The predicted octanol–water partition coefficient (Wildman–Crippen LogP) is 1.96. The zero-order valence-corrected chi connectivity index (χ0v) is 13.5. The molecular formula is C15H24BrN3. The molecule has 19 heavy (non-hydrogen) atoms. The lowest BCUT2D eigenvalue weighted by Gasteiger charge is -2.27. The first kappa shape index (κ1) is 15.0. The quantitative estimate of drug-likeness (QED) is 0.892. The topological polar surface area (TPSA) is 18.5 Å². The summed E-state index contributed by atoms with van der Waals surface area (Å²) in [6.07, 6.45) is 1.14. The molecule has 1 saturated heterocycles. The van der Waals surface area contributed by atoms with Crippen LogP contribution in [0, 0.1) is 0 Å². The third-order valence-electron chi connectivity index (χ3n) is 3.53. The second-order valence-electron chi connectivity index (χ2n) is 5.51. The first-order valence-electron chi connectivity index (χ1n) is 7.00. The molecular weight excluding hydrogens is 302 g/mol. The number of halogens is 1. The van der Waals surface area contributed by atoms with Crippen LogP contribution in [0.2, 0.25) is 0 Å². The van der Waals surface area contributed by atoms with Gasteiger partial charge < -0.3 is 15.1 Å². The zero-order valence-electron chi connectivity index (χ0n) is 12.0. The van der Waals surface area contributed by atoms with Gasteiger partial charge in [-0.25, -0.2) is 0 Å². The van der Waals surface area contributed by atoms with Gasteiger partial charge in [0, 0.05) is 43.7 Å². The molecule has 0 radical (unpaired) electrons. The summed E-state index contributed by atoms with van der Waals surface area (Å²) >= 11 is 3.69. The largest absolute Gasteiger partial charge is 0.314 e. The zero-order chi connectivity index (χ0) is 13.7. The van der Waals surface area contributed by atoms with Crippen LogP contribution in [0.25, 0.3) is 0 Å². The Morgan fingerprint density at radius 2 is 2.00 bits per heavy atom. The van der Waals surface area contributed by atoms with E-state index in [1.807, 2.05) is 0 Å². The molecule has 2 rings (SSSR count). The average molecular weight is 326 g/mol. The second-order valence-corrected chi connectivity index (χ2v) is 6.36. The van der Waals surface area contributed by atoms with E-state index in [1.54, 1.807) is 0 Å². The molecule has 4 heteroatoms. The number of hydrogen-bond donors (Lipinski definition) is 1. The maximum atomic E-state index is 3.69. The third kappa shape index (κ3) is 4.88. The summed E-state index contributed by atoms with van der Waals surface area (Å²) in [4.78, 5) is 4.73. The van der Waals surface area contributed by atoms with Crippen molar-refractivity contribution < 1.29 is 0 Å². The number of nitrogens with zero attached hydrogens (tertiary/aromatic N) is 2. The summed E-state index contributed by atoms with van der Waals surface area (Å²) in [6, 6.07) is 6.80. The van der Waals surface area contributed by atoms with Crippen molar-refractivity contribution in [2.75, 3.05) is 46.8 Å².